The summed E-state index contributed by atoms with van der Waals surface area (Å²) in [6.45, 7) is 3.77. The molecule has 0 radical (unpaired) electrons. The Hall–Kier alpha value is -1.12. The van der Waals surface area contributed by atoms with Crippen LogP contribution < -0.4 is 0 Å². The molecule has 1 rings (SSSR count). The van der Waals surface area contributed by atoms with Gasteiger partial charge in [0.25, 0.3) is 0 Å². The van der Waals surface area contributed by atoms with Crippen molar-refractivity contribution in [3.8, 4) is 0 Å². The average molecular weight is 206 g/mol. The van der Waals surface area contributed by atoms with E-state index in [1.165, 1.54) is 5.56 Å². The monoisotopic (exact) mass is 206 g/mol. The van der Waals surface area contributed by atoms with Gasteiger partial charge in [-0.05, 0) is 12.0 Å². The lowest BCUT2D eigenvalue weighted by molar-refractivity contribution is -0.117. The Kier molecular flexibility index (Phi) is 5.08. The van der Waals surface area contributed by atoms with Crippen molar-refractivity contribution in [3.63, 3.8) is 0 Å². The molecule has 1 unspecified atom stereocenters. The Morgan fingerprint density at radius 3 is 2.27 bits per heavy atom. The summed E-state index contributed by atoms with van der Waals surface area (Å²) >= 11 is 0. The zero-order valence-electron chi connectivity index (χ0n) is 9.35. The highest BCUT2D eigenvalue weighted by molar-refractivity contribution is 5.20. The highest BCUT2D eigenvalue weighted by Crippen LogP contribution is 2.25. The average Bonchev–Trinajstić information content (AvgIpc) is 2.30. The Bertz CT molecular complexity index is 278. The van der Waals surface area contributed by atoms with Crippen molar-refractivity contribution >= 4 is 0 Å². The molecule has 0 saturated heterocycles. The van der Waals surface area contributed by atoms with Crippen LogP contribution in [-0.2, 0) is 9.47 Å². The van der Waals surface area contributed by atoms with Crippen molar-refractivity contribution in [3.05, 3.63) is 48.6 Å². The molecule has 0 heterocycles. The molecule has 0 aromatic heterocycles. The number of methoxy groups -OCH3 is 2. The van der Waals surface area contributed by atoms with E-state index in [9.17, 15) is 0 Å². The molecular weight excluding hydrogens is 188 g/mol. The van der Waals surface area contributed by atoms with Gasteiger partial charge in [-0.1, -0.05) is 36.4 Å². The molecule has 1 atom stereocenters. The fourth-order valence-corrected chi connectivity index (χ4v) is 1.71. The maximum absolute atomic E-state index is 5.30. The van der Waals surface area contributed by atoms with Crippen molar-refractivity contribution in [1.82, 2.24) is 0 Å². The van der Waals surface area contributed by atoms with Gasteiger partial charge >= 0.3 is 0 Å². The van der Waals surface area contributed by atoms with Gasteiger partial charge in [0.15, 0.2) is 6.29 Å². The Labute approximate surface area is 91.5 Å². The number of benzene rings is 1. The zero-order valence-corrected chi connectivity index (χ0v) is 9.35. The summed E-state index contributed by atoms with van der Waals surface area (Å²) in [6, 6.07) is 10.2. The normalized spacial score (nSPS) is 12.7. The fraction of sp³-hybridized carbons (Fsp3) is 0.385. The van der Waals surface area contributed by atoms with Crippen molar-refractivity contribution in [1.29, 1.82) is 0 Å². The lowest BCUT2D eigenvalue weighted by atomic mass is 9.95. The van der Waals surface area contributed by atoms with Gasteiger partial charge in [0.05, 0.1) is 0 Å². The Morgan fingerprint density at radius 1 is 1.20 bits per heavy atom. The van der Waals surface area contributed by atoms with Crippen LogP contribution in [0, 0.1) is 0 Å². The molecule has 0 aliphatic rings. The molecule has 0 aliphatic carbocycles. The summed E-state index contributed by atoms with van der Waals surface area (Å²) in [5.74, 6) is 0.207. The Balaban J connectivity index is 2.86. The van der Waals surface area contributed by atoms with E-state index in [-0.39, 0.29) is 12.2 Å². The SMILES string of the molecule is C=CCC(c1ccccc1)C(OC)OC. The van der Waals surface area contributed by atoms with Gasteiger partial charge in [-0.3, -0.25) is 0 Å². The molecule has 0 saturated carbocycles. The second-order valence-electron chi connectivity index (χ2n) is 3.38. The van der Waals surface area contributed by atoms with Gasteiger partial charge in [-0.15, -0.1) is 6.58 Å². The first-order valence-electron chi connectivity index (χ1n) is 5.05. The fourth-order valence-electron chi connectivity index (χ4n) is 1.71. The van der Waals surface area contributed by atoms with Crippen LogP contribution in [0.5, 0.6) is 0 Å². The lowest BCUT2D eigenvalue weighted by Gasteiger charge is -2.24. The maximum Gasteiger partial charge on any atom is 0.163 e. The summed E-state index contributed by atoms with van der Waals surface area (Å²) in [5.41, 5.74) is 1.21. The lowest BCUT2D eigenvalue weighted by Crippen LogP contribution is -2.22. The predicted octanol–water partition coefficient (Wildman–Crippen LogP) is 2.97. The molecule has 2 nitrogen and oxygen atoms in total. The smallest absolute Gasteiger partial charge is 0.163 e. The van der Waals surface area contributed by atoms with Gasteiger partial charge in [-0.2, -0.15) is 0 Å². The first kappa shape index (κ1) is 12.0. The summed E-state index contributed by atoms with van der Waals surface area (Å²) in [5, 5.41) is 0. The molecule has 0 aliphatic heterocycles. The molecule has 2 heteroatoms. The minimum atomic E-state index is -0.217. The molecule has 1 aromatic carbocycles. The van der Waals surface area contributed by atoms with Gasteiger partial charge in [-0.25, -0.2) is 0 Å². The molecule has 82 valence electrons. The summed E-state index contributed by atoms with van der Waals surface area (Å²) in [6.07, 6.45) is 2.52. The molecule has 0 spiro atoms. The third kappa shape index (κ3) is 3.18. The molecule has 0 N–H and O–H groups in total. The van der Waals surface area contributed by atoms with Crippen molar-refractivity contribution in [2.24, 2.45) is 0 Å². The second-order valence-corrected chi connectivity index (χ2v) is 3.38. The molecule has 1 aromatic rings. The van der Waals surface area contributed by atoms with Crippen molar-refractivity contribution < 1.29 is 9.47 Å². The molecule has 0 amide bonds. The molecule has 15 heavy (non-hydrogen) atoms. The summed E-state index contributed by atoms with van der Waals surface area (Å²) in [7, 11) is 3.32. The number of rotatable bonds is 6. The number of hydrogen-bond donors (Lipinski definition) is 0. The van der Waals surface area contributed by atoms with E-state index >= 15 is 0 Å². The Morgan fingerprint density at radius 2 is 1.80 bits per heavy atom. The van der Waals surface area contributed by atoms with Crippen LogP contribution in [0.3, 0.4) is 0 Å². The summed E-state index contributed by atoms with van der Waals surface area (Å²) in [4.78, 5) is 0. The van der Waals surface area contributed by atoms with E-state index < -0.39 is 0 Å². The molecule has 0 fully saturated rings. The van der Waals surface area contributed by atoms with Crippen LogP contribution in [0.4, 0.5) is 0 Å². The zero-order chi connectivity index (χ0) is 11.1. The topological polar surface area (TPSA) is 18.5 Å². The van der Waals surface area contributed by atoms with Gasteiger partial charge in [0.1, 0.15) is 0 Å². The molecule has 0 bridgehead atoms. The summed E-state index contributed by atoms with van der Waals surface area (Å²) < 4.78 is 10.6. The minimum Gasteiger partial charge on any atom is -0.355 e. The van der Waals surface area contributed by atoms with Crippen LogP contribution in [0.25, 0.3) is 0 Å². The molecular formula is C13H18O2. The van der Waals surface area contributed by atoms with Crippen LogP contribution in [-0.4, -0.2) is 20.5 Å². The number of hydrogen-bond acceptors (Lipinski definition) is 2. The quantitative estimate of drug-likeness (QED) is 0.526. The van der Waals surface area contributed by atoms with Gasteiger partial charge in [0, 0.05) is 20.1 Å². The van der Waals surface area contributed by atoms with E-state index in [0.717, 1.165) is 6.42 Å². The number of allylic oxidation sites excluding steroid dienone is 1. The first-order chi connectivity index (χ1) is 7.33. The third-order valence-electron chi connectivity index (χ3n) is 2.44. The predicted molar refractivity (Wildman–Crippen MR) is 61.8 cm³/mol. The highest BCUT2D eigenvalue weighted by atomic mass is 16.7. The third-order valence-corrected chi connectivity index (χ3v) is 2.44. The van der Waals surface area contributed by atoms with Gasteiger partial charge in [0.2, 0.25) is 0 Å². The number of ether oxygens (including phenoxy) is 2. The maximum atomic E-state index is 5.30. The minimum absolute atomic E-state index is 0.207. The van der Waals surface area contributed by atoms with E-state index in [4.69, 9.17) is 9.47 Å². The van der Waals surface area contributed by atoms with Crippen LogP contribution in [0.1, 0.15) is 17.9 Å². The van der Waals surface area contributed by atoms with Crippen molar-refractivity contribution in [2.45, 2.75) is 18.6 Å². The van der Waals surface area contributed by atoms with Gasteiger partial charge < -0.3 is 9.47 Å². The first-order valence-corrected chi connectivity index (χ1v) is 5.05. The standard InChI is InChI=1S/C13H18O2/c1-4-8-12(13(14-2)15-3)11-9-6-5-7-10-11/h4-7,9-10,12-13H,1,8H2,2-3H3. The van der Waals surface area contributed by atoms with E-state index in [1.807, 2.05) is 24.3 Å². The van der Waals surface area contributed by atoms with Crippen LogP contribution in [0.2, 0.25) is 0 Å². The van der Waals surface area contributed by atoms with E-state index in [1.54, 1.807) is 14.2 Å². The van der Waals surface area contributed by atoms with Crippen LogP contribution >= 0.6 is 0 Å². The van der Waals surface area contributed by atoms with E-state index in [0.29, 0.717) is 0 Å². The highest BCUT2D eigenvalue weighted by Gasteiger charge is 2.21. The largest absolute Gasteiger partial charge is 0.355 e. The second kappa shape index (κ2) is 6.38. The van der Waals surface area contributed by atoms with Crippen molar-refractivity contribution in [2.75, 3.05) is 14.2 Å². The van der Waals surface area contributed by atoms with E-state index in [2.05, 4.69) is 18.7 Å². The van der Waals surface area contributed by atoms with Crippen LogP contribution in [0.15, 0.2) is 43.0 Å².